The Kier molecular flexibility index (Phi) is 6.26. The second kappa shape index (κ2) is 9.25. The predicted octanol–water partition coefficient (Wildman–Crippen LogP) is 7.03. The maximum absolute atomic E-state index is 4.06. The molecule has 0 aliphatic rings. The van der Waals surface area contributed by atoms with Crippen LogP contribution in [0.1, 0.15) is 43.4 Å². The van der Waals surface area contributed by atoms with Crippen molar-refractivity contribution < 1.29 is 0 Å². The fourth-order valence-electron chi connectivity index (χ4n) is 4.05. The molecule has 2 aromatic heterocycles. The summed E-state index contributed by atoms with van der Waals surface area (Å²) >= 11 is 0. The van der Waals surface area contributed by atoms with Crippen LogP contribution in [0.4, 0.5) is 17.1 Å². The number of rotatable bonds is 8. The Morgan fingerprint density at radius 1 is 0.968 bits per heavy atom. The van der Waals surface area contributed by atoms with Crippen LogP contribution in [-0.4, -0.2) is 16.5 Å². The molecule has 1 atom stereocenters. The third-order valence-electron chi connectivity index (χ3n) is 6.23. The summed E-state index contributed by atoms with van der Waals surface area (Å²) in [5.41, 5.74) is 8.61. The SMILES string of the molecule is Cc1cc(Nc2ccncc2)ccc1NCCc1c[nH]c2c(C(C)C(C)C)cccc12. The van der Waals surface area contributed by atoms with Crippen LogP contribution < -0.4 is 10.6 Å². The number of H-pyrrole nitrogens is 1. The van der Waals surface area contributed by atoms with Crippen molar-refractivity contribution in [1.82, 2.24) is 9.97 Å². The summed E-state index contributed by atoms with van der Waals surface area (Å²) in [6.45, 7) is 9.94. The zero-order valence-electron chi connectivity index (χ0n) is 18.9. The van der Waals surface area contributed by atoms with Crippen LogP contribution in [0.25, 0.3) is 10.9 Å². The molecule has 0 amide bonds. The number of anilines is 3. The Morgan fingerprint density at radius 3 is 2.52 bits per heavy atom. The van der Waals surface area contributed by atoms with Crippen molar-refractivity contribution in [3.8, 4) is 0 Å². The van der Waals surface area contributed by atoms with Gasteiger partial charge in [-0.15, -0.1) is 0 Å². The van der Waals surface area contributed by atoms with E-state index in [1.165, 1.54) is 33.3 Å². The van der Waals surface area contributed by atoms with Crippen molar-refractivity contribution in [2.24, 2.45) is 5.92 Å². The number of nitrogens with one attached hydrogen (secondary N) is 3. The minimum Gasteiger partial charge on any atom is -0.384 e. The first kappa shape index (κ1) is 21.0. The molecule has 4 heteroatoms. The van der Waals surface area contributed by atoms with Crippen LogP contribution in [0.5, 0.6) is 0 Å². The minimum atomic E-state index is 0.537. The van der Waals surface area contributed by atoms with E-state index in [4.69, 9.17) is 0 Å². The molecule has 0 aliphatic carbocycles. The molecular weight excluding hydrogens is 380 g/mol. The zero-order valence-corrected chi connectivity index (χ0v) is 18.9. The van der Waals surface area contributed by atoms with Crippen molar-refractivity contribution in [3.05, 3.63) is 83.8 Å². The fraction of sp³-hybridized carbons (Fsp3) is 0.296. The molecule has 3 N–H and O–H groups in total. The first-order valence-electron chi connectivity index (χ1n) is 11.1. The maximum atomic E-state index is 4.06. The lowest BCUT2D eigenvalue weighted by atomic mass is 9.89. The summed E-state index contributed by atoms with van der Waals surface area (Å²) in [5, 5.41) is 8.38. The smallest absolute Gasteiger partial charge is 0.0492 e. The molecule has 1 unspecified atom stereocenters. The standard InChI is InChI=1S/C27H32N4/c1-18(2)20(4)24-6-5-7-25-21(17-30-27(24)25)10-15-29-26-9-8-23(16-19(26)3)31-22-11-13-28-14-12-22/h5-9,11-14,16-18,20,29-30H,10,15H2,1-4H3,(H,28,31). The Bertz CT molecular complexity index is 1140. The number of hydrogen-bond donors (Lipinski definition) is 3. The molecule has 2 aromatic carbocycles. The van der Waals surface area contributed by atoms with E-state index in [1.807, 2.05) is 12.1 Å². The van der Waals surface area contributed by atoms with Gasteiger partial charge in [0.15, 0.2) is 0 Å². The maximum Gasteiger partial charge on any atom is 0.0492 e. The normalized spacial score (nSPS) is 12.3. The molecule has 160 valence electrons. The second-order valence-electron chi connectivity index (χ2n) is 8.68. The number of aromatic amines is 1. The molecule has 0 saturated heterocycles. The molecule has 31 heavy (non-hydrogen) atoms. The van der Waals surface area contributed by atoms with Crippen molar-refractivity contribution in [2.45, 2.75) is 40.0 Å². The highest BCUT2D eigenvalue weighted by atomic mass is 14.9. The van der Waals surface area contributed by atoms with Gasteiger partial charge >= 0.3 is 0 Å². The Labute approximate surface area is 185 Å². The molecule has 0 aliphatic heterocycles. The number of para-hydroxylation sites is 1. The van der Waals surface area contributed by atoms with Gasteiger partial charge in [0, 0.05) is 53.1 Å². The van der Waals surface area contributed by atoms with Gasteiger partial charge in [-0.05, 0) is 72.2 Å². The molecule has 0 fully saturated rings. The van der Waals surface area contributed by atoms with Gasteiger partial charge in [-0.1, -0.05) is 39.0 Å². The Morgan fingerprint density at radius 2 is 1.77 bits per heavy atom. The minimum absolute atomic E-state index is 0.537. The van der Waals surface area contributed by atoms with Gasteiger partial charge in [0.2, 0.25) is 0 Å². The van der Waals surface area contributed by atoms with E-state index in [2.05, 4.69) is 90.9 Å². The zero-order chi connectivity index (χ0) is 21.8. The molecule has 4 aromatic rings. The second-order valence-corrected chi connectivity index (χ2v) is 8.68. The van der Waals surface area contributed by atoms with Gasteiger partial charge in [-0.3, -0.25) is 4.98 Å². The topological polar surface area (TPSA) is 52.7 Å². The Balaban J connectivity index is 1.41. The van der Waals surface area contributed by atoms with Crippen LogP contribution in [0.2, 0.25) is 0 Å². The molecule has 0 saturated carbocycles. The summed E-state index contributed by atoms with van der Waals surface area (Å²) in [5.74, 6) is 1.16. The van der Waals surface area contributed by atoms with Gasteiger partial charge in [0.1, 0.15) is 0 Å². The fourth-order valence-corrected chi connectivity index (χ4v) is 4.05. The lowest BCUT2D eigenvalue weighted by Crippen LogP contribution is -2.06. The van der Waals surface area contributed by atoms with Gasteiger partial charge in [0.05, 0.1) is 0 Å². The van der Waals surface area contributed by atoms with E-state index >= 15 is 0 Å². The molecular formula is C27H32N4. The van der Waals surface area contributed by atoms with Crippen LogP contribution in [0.3, 0.4) is 0 Å². The van der Waals surface area contributed by atoms with Crippen LogP contribution in [0.15, 0.2) is 67.1 Å². The molecule has 2 heterocycles. The third kappa shape index (κ3) is 4.74. The lowest BCUT2D eigenvalue weighted by molar-refractivity contribution is 0.537. The first-order chi connectivity index (χ1) is 15.0. The third-order valence-corrected chi connectivity index (χ3v) is 6.23. The number of aryl methyl sites for hydroxylation is 1. The molecule has 0 bridgehead atoms. The van der Waals surface area contributed by atoms with Gasteiger partial charge in [-0.2, -0.15) is 0 Å². The van der Waals surface area contributed by atoms with Gasteiger partial charge < -0.3 is 15.6 Å². The highest BCUT2D eigenvalue weighted by molar-refractivity contribution is 5.86. The summed E-state index contributed by atoms with van der Waals surface area (Å²) in [6, 6.07) is 17.1. The predicted molar refractivity (Wildman–Crippen MR) is 132 cm³/mol. The number of aromatic nitrogens is 2. The number of hydrogen-bond acceptors (Lipinski definition) is 3. The highest BCUT2D eigenvalue weighted by Crippen LogP contribution is 2.31. The number of pyridine rings is 1. The van der Waals surface area contributed by atoms with Gasteiger partial charge in [-0.25, -0.2) is 0 Å². The van der Waals surface area contributed by atoms with Crippen LogP contribution in [-0.2, 0) is 6.42 Å². The highest BCUT2D eigenvalue weighted by Gasteiger charge is 2.15. The molecule has 4 rings (SSSR count). The molecule has 0 radical (unpaired) electrons. The van der Waals surface area contributed by atoms with E-state index in [0.717, 1.165) is 24.3 Å². The van der Waals surface area contributed by atoms with Crippen LogP contribution in [0, 0.1) is 12.8 Å². The number of benzene rings is 2. The van der Waals surface area contributed by atoms with Crippen molar-refractivity contribution in [2.75, 3.05) is 17.2 Å². The summed E-state index contributed by atoms with van der Waals surface area (Å²) in [7, 11) is 0. The largest absolute Gasteiger partial charge is 0.384 e. The van der Waals surface area contributed by atoms with Gasteiger partial charge in [0.25, 0.3) is 0 Å². The van der Waals surface area contributed by atoms with E-state index in [1.54, 1.807) is 12.4 Å². The van der Waals surface area contributed by atoms with Crippen molar-refractivity contribution in [1.29, 1.82) is 0 Å². The first-order valence-corrected chi connectivity index (χ1v) is 11.1. The Hall–Kier alpha value is -3.27. The molecule has 0 spiro atoms. The quantitative estimate of drug-likeness (QED) is 0.291. The van der Waals surface area contributed by atoms with E-state index in [9.17, 15) is 0 Å². The summed E-state index contributed by atoms with van der Waals surface area (Å²) in [6.07, 6.45) is 6.75. The van der Waals surface area contributed by atoms with E-state index in [0.29, 0.717) is 11.8 Å². The summed E-state index contributed by atoms with van der Waals surface area (Å²) < 4.78 is 0. The number of fused-ring (bicyclic) bond motifs is 1. The average Bonchev–Trinajstić information content (AvgIpc) is 3.18. The van der Waals surface area contributed by atoms with Crippen molar-refractivity contribution >= 4 is 28.0 Å². The van der Waals surface area contributed by atoms with E-state index in [-0.39, 0.29) is 0 Å². The monoisotopic (exact) mass is 412 g/mol. The van der Waals surface area contributed by atoms with Crippen molar-refractivity contribution in [3.63, 3.8) is 0 Å². The summed E-state index contributed by atoms with van der Waals surface area (Å²) in [4.78, 5) is 7.60. The molecule has 4 nitrogen and oxygen atoms in total. The average molecular weight is 413 g/mol. The lowest BCUT2D eigenvalue weighted by Gasteiger charge is -2.17. The van der Waals surface area contributed by atoms with Crippen LogP contribution >= 0.6 is 0 Å². The number of nitrogens with zero attached hydrogens (tertiary/aromatic N) is 1. The van der Waals surface area contributed by atoms with E-state index < -0.39 is 0 Å².